The molecule has 2 N–H and O–H groups in total. The molecular formula is C10H13NO4. The van der Waals surface area contributed by atoms with Crippen LogP contribution in [0.5, 0.6) is 5.75 Å². The van der Waals surface area contributed by atoms with Crippen LogP contribution in [0.1, 0.15) is 15.9 Å². The van der Waals surface area contributed by atoms with Crippen molar-refractivity contribution in [2.24, 2.45) is 0 Å². The molecule has 0 atom stereocenters. The predicted octanol–water partition coefficient (Wildman–Crippen LogP) is 1.04. The van der Waals surface area contributed by atoms with Gasteiger partial charge in [0.05, 0.1) is 19.8 Å². The smallest absolute Gasteiger partial charge is 0.336 e. The normalized spacial score (nSPS) is 10.0. The summed E-state index contributed by atoms with van der Waals surface area (Å²) < 4.78 is 5.01. The van der Waals surface area contributed by atoms with Crippen molar-refractivity contribution in [1.29, 1.82) is 0 Å². The third-order valence-corrected chi connectivity index (χ3v) is 1.95. The fourth-order valence-corrected chi connectivity index (χ4v) is 1.20. The first-order valence-electron chi connectivity index (χ1n) is 4.35. The minimum absolute atomic E-state index is 0.236. The molecule has 0 saturated carbocycles. The van der Waals surface area contributed by atoms with Gasteiger partial charge >= 0.3 is 5.97 Å². The van der Waals surface area contributed by atoms with Crippen molar-refractivity contribution in [2.75, 3.05) is 14.2 Å². The molecule has 0 amide bonds. The van der Waals surface area contributed by atoms with Crippen LogP contribution in [0.3, 0.4) is 0 Å². The summed E-state index contributed by atoms with van der Waals surface area (Å²) in [5.74, 6) is -0.349. The molecular weight excluding hydrogens is 198 g/mol. The molecule has 0 aromatic heterocycles. The number of methoxy groups -OCH3 is 1. The second-order valence-electron chi connectivity index (χ2n) is 2.85. The number of carbonyl (C=O) groups is 1. The summed E-state index contributed by atoms with van der Waals surface area (Å²) in [6.07, 6.45) is 0. The number of ether oxygens (including phenoxy) is 1. The SMILES string of the molecule is CONCc1cc(OC)ccc1C(=O)O. The van der Waals surface area contributed by atoms with Crippen molar-refractivity contribution >= 4 is 5.97 Å². The number of rotatable bonds is 5. The van der Waals surface area contributed by atoms with E-state index in [0.717, 1.165) is 0 Å². The highest BCUT2D eigenvalue weighted by atomic mass is 16.6. The summed E-state index contributed by atoms with van der Waals surface area (Å²) in [7, 11) is 3.00. The van der Waals surface area contributed by atoms with Crippen LogP contribution in [0.2, 0.25) is 0 Å². The molecule has 0 aliphatic heterocycles. The van der Waals surface area contributed by atoms with Gasteiger partial charge in [-0.1, -0.05) is 0 Å². The Balaban J connectivity index is 2.99. The third-order valence-electron chi connectivity index (χ3n) is 1.95. The van der Waals surface area contributed by atoms with Gasteiger partial charge in [0.1, 0.15) is 5.75 Å². The largest absolute Gasteiger partial charge is 0.497 e. The third kappa shape index (κ3) is 2.93. The maximum Gasteiger partial charge on any atom is 0.336 e. The van der Waals surface area contributed by atoms with Gasteiger partial charge in [0.2, 0.25) is 0 Å². The molecule has 0 heterocycles. The summed E-state index contributed by atoms with van der Waals surface area (Å²) >= 11 is 0. The quantitative estimate of drug-likeness (QED) is 0.712. The molecule has 82 valence electrons. The Morgan fingerprint density at radius 3 is 2.73 bits per heavy atom. The minimum atomic E-state index is -0.967. The summed E-state index contributed by atoms with van der Waals surface area (Å²) in [5.41, 5.74) is 3.44. The highest BCUT2D eigenvalue weighted by Gasteiger charge is 2.10. The molecule has 0 spiro atoms. The van der Waals surface area contributed by atoms with Gasteiger partial charge in [0.15, 0.2) is 0 Å². The van der Waals surface area contributed by atoms with Gasteiger partial charge in [0, 0.05) is 6.54 Å². The Labute approximate surface area is 87.6 Å². The van der Waals surface area contributed by atoms with Crippen molar-refractivity contribution in [1.82, 2.24) is 5.48 Å². The van der Waals surface area contributed by atoms with Crippen molar-refractivity contribution < 1.29 is 19.5 Å². The highest BCUT2D eigenvalue weighted by molar-refractivity contribution is 5.89. The molecule has 0 fully saturated rings. The van der Waals surface area contributed by atoms with E-state index in [4.69, 9.17) is 9.84 Å². The maximum atomic E-state index is 10.9. The van der Waals surface area contributed by atoms with Crippen LogP contribution in [0.15, 0.2) is 18.2 Å². The van der Waals surface area contributed by atoms with Crippen molar-refractivity contribution in [2.45, 2.75) is 6.54 Å². The van der Waals surface area contributed by atoms with Gasteiger partial charge < -0.3 is 14.7 Å². The lowest BCUT2D eigenvalue weighted by Crippen LogP contribution is -2.14. The van der Waals surface area contributed by atoms with Gasteiger partial charge in [-0.2, -0.15) is 5.48 Å². The fraction of sp³-hybridized carbons (Fsp3) is 0.300. The van der Waals surface area contributed by atoms with Gasteiger partial charge in [-0.25, -0.2) is 4.79 Å². The second-order valence-corrected chi connectivity index (χ2v) is 2.85. The van der Waals surface area contributed by atoms with E-state index in [1.54, 1.807) is 12.1 Å². The topological polar surface area (TPSA) is 67.8 Å². The van der Waals surface area contributed by atoms with Gasteiger partial charge in [0.25, 0.3) is 0 Å². The van der Waals surface area contributed by atoms with Crippen LogP contribution in [-0.4, -0.2) is 25.3 Å². The first kappa shape index (κ1) is 11.5. The van der Waals surface area contributed by atoms with Gasteiger partial charge in [-0.3, -0.25) is 0 Å². The van der Waals surface area contributed by atoms with E-state index in [-0.39, 0.29) is 5.56 Å². The van der Waals surface area contributed by atoms with E-state index in [9.17, 15) is 4.79 Å². The summed E-state index contributed by atoms with van der Waals surface area (Å²) in [6, 6.07) is 4.78. The Hall–Kier alpha value is -1.59. The van der Waals surface area contributed by atoms with E-state index in [1.807, 2.05) is 0 Å². The van der Waals surface area contributed by atoms with Crippen molar-refractivity contribution in [3.05, 3.63) is 29.3 Å². The van der Waals surface area contributed by atoms with E-state index in [2.05, 4.69) is 10.3 Å². The predicted molar refractivity (Wildman–Crippen MR) is 53.8 cm³/mol. The summed E-state index contributed by atoms with van der Waals surface area (Å²) in [4.78, 5) is 15.5. The molecule has 5 heteroatoms. The van der Waals surface area contributed by atoms with E-state index in [0.29, 0.717) is 17.9 Å². The number of hydroxylamine groups is 1. The fourth-order valence-electron chi connectivity index (χ4n) is 1.20. The number of hydrogen-bond acceptors (Lipinski definition) is 4. The zero-order valence-electron chi connectivity index (χ0n) is 8.61. The molecule has 1 aromatic rings. The molecule has 0 saturated heterocycles. The monoisotopic (exact) mass is 211 g/mol. The number of nitrogens with one attached hydrogen (secondary N) is 1. The summed E-state index contributed by atoms with van der Waals surface area (Å²) in [6.45, 7) is 0.315. The van der Waals surface area contributed by atoms with Crippen LogP contribution in [0.4, 0.5) is 0 Å². The molecule has 0 radical (unpaired) electrons. The molecule has 1 aromatic carbocycles. The molecule has 1 rings (SSSR count). The number of carboxylic acid groups (broad SMARTS) is 1. The lowest BCUT2D eigenvalue weighted by Gasteiger charge is -2.08. The first-order chi connectivity index (χ1) is 7.19. The first-order valence-corrected chi connectivity index (χ1v) is 4.35. The van der Waals surface area contributed by atoms with E-state index < -0.39 is 5.97 Å². The summed E-state index contributed by atoms with van der Waals surface area (Å²) in [5, 5.41) is 8.92. The zero-order chi connectivity index (χ0) is 11.3. The van der Waals surface area contributed by atoms with Gasteiger partial charge in [-0.05, 0) is 23.8 Å². The standard InChI is InChI=1S/C10H13NO4/c1-14-8-3-4-9(10(12)13)7(5-8)6-11-15-2/h3-5,11H,6H2,1-2H3,(H,12,13). The number of carboxylic acids is 1. The molecule has 0 aliphatic carbocycles. The second kappa shape index (κ2) is 5.33. The van der Waals surface area contributed by atoms with E-state index >= 15 is 0 Å². The van der Waals surface area contributed by atoms with Crippen molar-refractivity contribution in [3.63, 3.8) is 0 Å². The lowest BCUT2D eigenvalue weighted by atomic mass is 10.1. The van der Waals surface area contributed by atoms with Crippen LogP contribution < -0.4 is 10.2 Å². The van der Waals surface area contributed by atoms with Crippen LogP contribution in [0, 0.1) is 0 Å². The number of benzene rings is 1. The highest BCUT2D eigenvalue weighted by Crippen LogP contribution is 2.17. The average Bonchev–Trinajstić information content (AvgIpc) is 2.25. The van der Waals surface area contributed by atoms with Crippen LogP contribution in [0.25, 0.3) is 0 Å². The number of aromatic carboxylic acids is 1. The maximum absolute atomic E-state index is 10.9. The molecule has 5 nitrogen and oxygen atoms in total. The lowest BCUT2D eigenvalue weighted by molar-refractivity contribution is 0.0688. The average molecular weight is 211 g/mol. The minimum Gasteiger partial charge on any atom is -0.497 e. The van der Waals surface area contributed by atoms with E-state index in [1.165, 1.54) is 20.3 Å². The Bertz CT molecular complexity index is 351. The molecule has 15 heavy (non-hydrogen) atoms. The number of hydrogen-bond donors (Lipinski definition) is 2. The van der Waals surface area contributed by atoms with Crippen molar-refractivity contribution in [3.8, 4) is 5.75 Å². The van der Waals surface area contributed by atoms with Crippen LogP contribution >= 0.6 is 0 Å². The zero-order valence-corrected chi connectivity index (χ0v) is 8.61. The Morgan fingerprint density at radius 1 is 1.47 bits per heavy atom. The van der Waals surface area contributed by atoms with Gasteiger partial charge in [-0.15, -0.1) is 0 Å². The molecule has 0 unspecified atom stereocenters. The van der Waals surface area contributed by atoms with Crippen LogP contribution in [-0.2, 0) is 11.4 Å². The molecule has 0 bridgehead atoms. The Kier molecular flexibility index (Phi) is 4.08. The Morgan fingerprint density at radius 2 is 2.20 bits per heavy atom. The molecule has 0 aliphatic rings.